The molecule has 0 fully saturated rings. The van der Waals surface area contributed by atoms with Crippen LogP contribution in [-0.4, -0.2) is 15.8 Å². The summed E-state index contributed by atoms with van der Waals surface area (Å²) in [6.45, 7) is 1.93. The van der Waals surface area contributed by atoms with Gasteiger partial charge in [-0.05, 0) is 6.92 Å². The highest BCUT2D eigenvalue weighted by atomic mass is 35.5. The second-order valence-corrected chi connectivity index (χ2v) is 3.62. The lowest BCUT2D eigenvalue weighted by Crippen LogP contribution is -2.21. The maximum Gasteiger partial charge on any atom is 0.221 e. The Bertz CT molecular complexity index is 447. The summed E-state index contributed by atoms with van der Waals surface area (Å²) >= 11 is 5.58. The van der Waals surface area contributed by atoms with Gasteiger partial charge in [0.05, 0.1) is 0 Å². The predicted molar refractivity (Wildman–Crippen MR) is 61.0 cm³/mol. The second-order valence-electron chi connectivity index (χ2n) is 3.26. The molecule has 80 valence electrons. The number of hydrogen-bond donors (Lipinski definition) is 1. The Kier molecular flexibility index (Phi) is 3.75. The zero-order chi connectivity index (χ0) is 11.4. The van der Waals surface area contributed by atoms with Crippen molar-refractivity contribution in [2.24, 2.45) is 7.05 Å². The standard InChI is InChI=1S/C10H12ClN3O/c1-4-5-7(2)12-9-6-8(15)10(11)13-14(9)3/h1,6-7,12H,5H2,2-3H3. The zero-order valence-corrected chi connectivity index (χ0v) is 9.38. The largest absolute Gasteiger partial charge is 0.367 e. The lowest BCUT2D eigenvalue weighted by Gasteiger charge is -2.14. The van der Waals surface area contributed by atoms with Gasteiger partial charge in [0.2, 0.25) is 5.43 Å². The van der Waals surface area contributed by atoms with Crippen molar-refractivity contribution in [1.82, 2.24) is 9.78 Å². The van der Waals surface area contributed by atoms with Gasteiger partial charge in [0, 0.05) is 25.6 Å². The van der Waals surface area contributed by atoms with Crippen LogP contribution in [0.3, 0.4) is 0 Å². The number of aromatic nitrogens is 2. The van der Waals surface area contributed by atoms with Crippen molar-refractivity contribution in [2.75, 3.05) is 5.32 Å². The fraction of sp³-hybridized carbons (Fsp3) is 0.400. The topological polar surface area (TPSA) is 46.9 Å². The van der Waals surface area contributed by atoms with Crippen LogP contribution in [0.1, 0.15) is 13.3 Å². The van der Waals surface area contributed by atoms with E-state index in [9.17, 15) is 4.79 Å². The van der Waals surface area contributed by atoms with Gasteiger partial charge < -0.3 is 5.32 Å². The molecule has 1 rings (SSSR count). The summed E-state index contributed by atoms with van der Waals surface area (Å²) in [5.41, 5.74) is -0.301. The molecule has 4 nitrogen and oxygen atoms in total. The fourth-order valence-corrected chi connectivity index (χ4v) is 1.30. The summed E-state index contributed by atoms with van der Waals surface area (Å²) < 4.78 is 1.51. The third-order valence-electron chi connectivity index (χ3n) is 1.88. The maximum absolute atomic E-state index is 11.2. The summed E-state index contributed by atoms with van der Waals surface area (Å²) in [4.78, 5) is 11.2. The Hall–Kier alpha value is -1.47. The first kappa shape index (κ1) is 11.6. The summed E-state index contributed by atoms with van der Waals surface area (Å²) in [7, 11) is 1.70. The molecule has 1 heterocycles. The minimum absolute atomic E-state index is 0.0346. The summed E-state index contributed by atoms with van der Waals surface area (Å²) in [5.74, 6) is 3.14. The lowest BCUT2D eigenvalue weighted by atomic mass is 10.2. The van der Waals surface area contributed by atoms with Gasteiger partial charge in [-0.2, -0.15) is 5.10 Å². The smallest absolute Gasteiger partial charge is 0.221 e. The Morgan fingerprint density at radius 1 is 1.80 bits per heavy atom. The predicted octanol–water partition coefficient (Wildman–Crippen LogP) is 1.26. The lowest BCUT2D eigenvalue weighted by molar-refractivity contribution is 0.715. The van der Waals surface area contributed by atoms with Crippen LogP contribution in [0, 0.1) is 12.3 Å². The molecule has 1 atom stereocenters. The first-order valence-corrected chi connectivity index (χ1v) is 4.86. The molecule has 5 heteroatoms. The van der Waals surface area contributed by atoms with Crippen LogP contribution < -0.4 is 10.7 Å². The van der Waals surface area contributed by atoms with Gasteiger partial charge in [-0.25, -0.2) is 0 Å². The minimum Gasteiger partial charge on any atom is -0.367 e. The van der Waals surface area contributed by atoms with Crippen LogP contribution in [-0.2, 0) is 7.05 Å². The van der Waals surface area contributed by atoms with Gasteiger partial charge in [0.1, 0.15) is 5.82 Å². The number of anilines is 1. The number of nitrogens with zero attached hydrogens (tertiary/aromatic N) is 2. The van der Waals surface area contributed by atoms with Crippen LogP contribution in [0.2, 0.25) is 5.15 Å². The molecule has 0 aliphatic carbocycles. The molecule has 0 saturated heterocycles. The van der Waals surface area contributed by atoms with Crippen LogP contribution in [0.5, 0.6) is 0 Å². The van der Waals surface area contributed by atoms with Crippen molar-refractivity contribution >= 4 is 17.4 Å². The number of aryl methyl sites for hydroxylation is 1. The van der Waals surface area contributed by atoms with E-state index in [1.165, 1.54) is 10.7 Å². The second kappa shape index (κ2) is 4.85. The van der Waals surface area contributed by atoms with Gasteiger partial charge >= 0.3 is 0 Å². The normalized spacial score (nSPS) is 11.9. The molecule has 0 bridgehead atoms. The fourth-order valence-electron chi connectivity index (χ4n) is 1.13. The molecule has 0 aromatic carbocycles. The van der Waals surface area contributed by atoms with E-state index in [2.05, 4.69) is 16.3 Å². The van der Waals surface area contributed by atoms with Crippen LogP contribution in [0.25, 0.3) is 0 Å². The molecule has 0 amide bonds. The number of nitrogens with one attached hydrogen (secondary N) is 1. The van der Waals surface area contributed by atoms with Crippen LogP contribution >= 0.6 is 11.6 Å². The van der Waals surface area contributed by atoms with Gasteiger partial charge in [-0.3, -0.25) is 9.48 Å². The monoisotopic (exact) mass is 225 g/mol. The Morgan fingerprint density at radius 3 is 3.07 bits per heavy atom. The molecule has 0 saturated carbocycles. The van der Waals surface area contributed by atoms with Gasteiger partial charge in [0.15, 0.2) is 5.15 Å². The average Bonchev–Trinajstić information content (AvgIpc) is 2.14. The molecular formula is C10H12ClN3O. The number of halogens is 1. The highest BCUT2D eigenvalue weighted by Crippen LogP contribution is 2.07. The zero-order valence-electron chi connectivity index (χ0n) is 8.62. The summed E-state index contributed by atoms with van der Waals surface area (Å²) in [6.07, 6.45) is 5.76. The first-order valence-electron chi connectivity index (χ1n) is 4.48. The van der Waals surface area contributed by atoms with Crippen molar-refractivity contribution in [3.05, 3.63) is 21.4 Å². The van der Waals surface area contributed by atoms with Gasteiger partial charge in [-0.1, -0.05) is 11.6 Å². The van der Waals surface area contributed by atoms with E-state index in [4.69, 9.17) is 18.0 Å². The van der Waals surface area contributed by atoms with Crippen molar-refractivity contribution < 1.29 is 0 Å². The van der Waals surface area contributed by atoms with Crippen LogP contribution in [0.4, 0.5) is 5.82 Å². The SMILES string of the molecule is C#CCC(C)Nc1cc(=O)c(Cl)nn1C. The number of hydrogen-bond acceptors (Lipinski definition) is 3. The molecule has 0 radical (unpaired) electrons. The van der Waals surface area contributed by atoms with Crippen molar-refractivity contribution in [3.63, 3.8) is 0 Å². The molecule has 0 spiro atoms. The van der Waals surface area contributed by atoms with E-state index in [1.807, 2.05) is 6.92 Å². The third-order valence-corrected chi connectivity index (χ3v) is 2.14. The molecule has 1 N–H and O–H groups in total. The average molecular weight is 226 g/mol. The molecule has 0 aliphatic heterocycles. The number of rotatable bonds is 3. The highest BCUT2D eigenvalue weighted by molar-refractivity contribution is 6.29. The number of terminal acetylenes is 1. The molecule has 1 unspecified atom stereocenters. The molecule has 0 aliphatic rings. The van der Waals surface area contributed by atoms with E-state index in [0.29, 0.717) is 12.2 Å². The quantitative estimate of drug-likeness (QED) is 0.788. The summed E-state index contributed by atoms with van der Waals surface area (Å²) in [6, 6.07) is 1.49. The molecule has 15 heavy (non-hydrogen) atoms. The summed E-state index contributed by atoms with van der Waals surface area (Å²) in [5, 5.41) is 6.89. The maximum atomic E-state index is 11.2. The van der Waals surface area contributed by atoms with Gasteiger partial charge in [-0.15, -0.1) is 12.3 Å². The molecule has 1 aromatic heterocycles. The Balaban J connectivity index is 2.92. The van der Waals surface area contributed by atoms with E-state index in [0.717, 1.165) is 0 Å². The first-order chi connectivity index (χ1) is 7.04. The molecular weight excluding hydrogens is 214 g/mol. The Morgan fingerprint density at radius 2 is 2.47 bits per heavy atom. The molecule has 1 aromatic rings. The van der Waals surface area contributed by atoms with Crippen molar-refractivity contribution in [1.29, 1.82) is 0 Å². The van der Waals surface area contributed by atoms with E-state index in [1.54, 1.807) is 7.05 Å². The van der Waals surface area contributed by atoms with E-state index < -0.39 is 0 Å². The van der Waals surface area contributed by atoms with E-state index >= 15 is 0 Å². The van der Waals surface area contributed by atoms with Crippen molar-refractivity contribution in [3.8, 4) is 12.3 Å². The highest BCUT2D eigenvalue weighted by Gasteiger charge is 2.06. The Labute approximate surface area is 93.3 Å². The minimum atomic E-state index is -0.301. The van der Waals surface area contributed by atoms with Gasteiger partial charge in [0.25, 0.3) is 0 Å². The third kappa shape index (κ3) is 3.00. The van der Waals surface area contributed by atoms with Crippen LogP contribution in [0.15, 0.2) is 10.9 Å². The van der Waals surface area contributed by atoms with E-state index in [-0.39, 0.29) is 16.6 Å². The van der Waals surface area contributed by atoms with Crippen molar-refractivity contribution in [2.45, 2.75) is 19.4 Å².